The van der Waals surface area contributed by atoms with E-state index in [9.17, 15) is 13.5 Å². The summed E-state index contributed by atoms with van der Waals surface area (Å²) in [5.74, 6) is 0.704. The highest BCUT2D eigenvalue weighted by Gasteiger charge is 2.38. The molecule has 2 N–H and O–H groups in total. The van der Waals surface area contributed by atoms with E-state index in [0.29, 0.717) is 12.5 Å². The molecule has 0 radical (unpaired) electrons. The van der Waals surface area contributed by atoms with Crippen LogP contribution in [0.5, 0.6) is 0 Å². The van der Waals surface area contributed by atoms with Crippen molar-refractivity contribution in [1.29, 1.82) is 0 Å². The largest absolute Gasteiger partial charge is 0.394 e. The minimum atomic E-state index is -3.27. The molecule has 2 heterocycles. The van der Waals surface area contributed by atoms with Crippen LogP contribution in [-0.2, 0) is 14.8 Å². The molecule has 124 valence electrons. The van der Waals surface area contributed by atoms with Crippen molar-refractivity contribution in [2.24, 2.45) is 5.92 Å². The molecular formula is C14H28N2O4S. The van der Waals surface area contributed by atoms with Crippen molar-refractivity contribution in [3.63, 3.8) is 0 Å². The highest BCUT2D eigenvalue weighted by atomic mass is 32.2. The Morgan fingerprint density at radius 1 is 1.33 bits per heavy atom. The number of morpholine rings is 1. The maximum atomic E-state index is 12.6. The maximum absolute atomic E-state index is 12.6. The molecule has 7 heteroatoms. The van der Waals surface area contributed by atoms with Crippen LogP contribution in [-0.4, -0.2) is 68.1 Å². The van der Waals surface area contributed by atoms with Crippen LogP contribution in [0.1, 0.15) is 33.1 Å². The van der Waals surface area contributed by atoms with E-state index >= 15 is 0 Å². The van der Waals surface area contributed by atoms with Gasteiger partial charge in [0.1, 0.15) is 0 Å². The third kappa shape index (κ3) is 4.89. The SMILES string of the molecule is CC1(C)CN(S(=O)(=O)CCC2CCNCC2)CC(CO)O1. The zero-order valence-electron chi connectivity index (χ0n) is 13.0. The number of sulfonamides is 1. The van der Waals surface area contributed by atoms with Crippen molar-refractivity contribution in [2.45, 2.75) is 44.8 Å². The van der Waals surface area contributed by atoms with Crippen LogP contribution in [0, 0.1) is 5.92 Å². The van der Waals surface area contributed by atoms with Gasteiger partial charge in [0, 0.05) is 13.1 Å². The molecule has 0 saturated carbocycles. The minimum Gasteiger partial charge on any atom is -0.394 e. The van der Waals surface area contributed by atoms with Gasteiger partial charge in [0.05, 0.1) is 24.1 Å². The van der Waals surface area contributed by atoms with Gasteiger partial charge in [0.15, 0.2) is 0 Å². The lowest BCUT2D eigenvalue weighted by molar-refractivity contribution is -0.131. The monoisotopic (exact) mass is 320 g/mol. The van der Waals surface area contributed by atoms with Gasteiger partial charge in [0.2, 0.25) is 10.0 Å². The highest BCUT2D eigenvalue weighted by Crippen LogP contribution is 2.25. The molecule has 2 aliphatic rings. The van der Waals surface area contributed by atoms with Crippen LogP contribution >= 0.6 is 0 Å². The lowest BCUT2D eigenvalue weighted by atomic mass is 9.96. The molecule has 0 aromatic carbocycles. The molecule has 1 unspecified atom stereocenters. The molecule has 0 spiro atoms. The Balaban J connectivity index is 1.94. The molecule has 0 aromatic rings. The second-order valence-electron chi connectivity index (χ2n) is 6.77. The van der Waals surface area contributed by atoms with Gasteiger partial charge in [-0.05, 0) is 52.1 Å². The summed E-state index contributed by atoms with van der Waals surface area (Å²) in [6.07, 6.45) is 2.42. The predicted molar refractivity (Wildman–Crippen MR) is 81.6 cm³/mol. The first-order valence-electron chi connectivity index (χ1n) is 7.79. The smallest absolute Gasteiger partial charge is 0.214 e. The minimum absolute atomic E-state index is 0.149. The van der Waals surface area contributed by atoms with E-state index in [-0.39, 0.29) is 18.9 Å². The van der Waals surface area contributed by atoms with Crippen molar-refractivity contribution >= 4 is 10.0 Å². The van der Waals surface area contributed by atoms with Crippen molar-refractivity contribution in [3.05, 3.63) is 0 Å². The topological polar surface area (TPSA) is 78.9 Å². The molecular weight excluding hydrogens is 292 g/mol. The van der Waals surface area contributed by atoms with E-state index < -0.39 is 21.7 Å². The lowest BCUT2D eigenvalue weighted by Crippen LogP contribution is -2.56. The van der Waals surface area contributed by atoms with E-state index in [2.05, 4.69) is 5.32 Å². The fraction of sp³-hybridized carbons (Fsp3) is 1.00. The van der Waals surface area contributed by atoms with Crippen LogP contribution in [0.2, 0.25) is 0 Å². The average Bonchev–Trinajstić information content (AvgIpc) is 2.44. The summed E-state index contributed by atoms with van der Waals surface area (Å²) in [6, 6.07) is 0. The van der Waals surface area contributed by atoms with E-state index in [1.165, 1.54) is 4.31 Å². The molecule has 0 amide bonds. The van der Waals surface area contributed by atoms with Crippen LogP contribution in [0.4, 0.5) is 0 Å². The number of aliphatic hydroxyl groups is 1. The van der Waals surface area contributed by atoms with Gasteiger partial charge in [-0.3, -0.25) is 0 Å². The Kier molecular flexibility index (Phi) is 5.65. The van der Waals surface area contributed by atoms with E-state index in [0.717, 1.165) is 32.4 Å². The van der Waals surface area contributed by atoms with Gasteiger partial charge >= 0.3 is 0 Å². The quantitative estimate of drug-likeness (QED) is 0.755. The third-order valence-corrected chi connectivity index (χ3v) is 6.11. The molecule has 6 nitrogen and oxygen atoms in total. The Labute approximate surface area is 127 Å². The molecule has 2 rings (SSSR count). The summed E-state index contributed by atoms with van der Waals surface area (Å²) in [7, 11) is -3.27. The zero-order valence-corrected chi connectivity index (χ0v) is 13.9. The summed E-state index contributed by atoms with van der Waals surface area (Å²) < 4.78 is 32.3. The summed E-state index contributed by atoms with van der Waals surface area (Å²) in [5, 5.41) is 12.6. The number of aliphatic hydroxyl groups excluding tert-OH is 1. The van der Waals surface area contributed by atoms with Crippen LogP contribution in [0.3, 0.4) is 0 Å². The average molecular weight is 320 g/mol. The molecule has 1 atom stereocenters. The highest BCUT2D eigenvalue weighted by molar-refractivity contribution is 7.89. The standard InChI is InChI=1S/C14H28N2O4S/c1-14(2)11-16(9-13(10-17)20-14)21(18,19)8-5-12-3-6-15-7-4-12/h12-13,15,17H,3-11H2,1-2H3. The number of nitrogens with zero attached hydrogens (tertiary/aromatic N) is 1. The molecule has 2 aliphatic heterocycles. The van der Waals surface area contributed by atoms with E-state index in [1.54, 1.807) is 0 Å². The number of piperidine rings is 1. The summed E-state index contributed by atoms with van der Waals surface area (Å²) in [4.78, 5) is 0. The third-order valence-electron chi connectivity index (χ3n) is 4.29. The molecule has 2 saturated heterocycles. The van der Waals surface area contributed by atoms with Crippen molar-refractivity contribution in [2.75, 3.05) is 38.5 Å². The van der Waals surface area contributed by atoms with E-state index in [4.69, 9.17) is 4.74 Å². The lowest BCUT2D eigenvalue weighted by Gasteiger charge is -2.41. The Morgan fingerprint density at radius 2 is 2.00 bits per heavy atom. The predicted octanol–water partition coefficient (Wildman–Crippen LogP) is 0.178. The van der Waals surface area contributed by atoms with Crippen molar-refractivity contribution < 1.29 is 18.3 Å². The maximum Gasteiger partial charge on any atom is 0.214 e. The number of rotatable bonds is 5. The van der Waals surface area contributed by atoms with Gasteiger partial charge < -0.3 is 15.2 Å². The summed E-state index contributed by atoms with van der Waals surface area (Å²) in [6.45, 7) is 6.17. The summed E-state index contributed by atoms with van der Waals surface area (Å²) in [5.41, 5.74) is -0.548. The second kappa shape index (κ2) is 6.91. The second-order valence-corrected chi connectivity index (χ2v) is 8.86. The summed E-state index contributed by atoms with van der Waals surface area (Å²) >= 11 is 0. The van der Waals surface area contributed by atoms with Crippen LogP contribution < -0.4 is 5.32 Å². The normalized spacial score (nSPS) is 28.6. The van der Waals surface area contributed by atoms with Crippen molar-refractivity contribution in [1.82, 2.24) is 9.62 Å². The molecule has 21 heavy (non-hydrogen) atoms. The first-order chi connectivity index (χ1) is 9.82. The van der Waals surface area contributed by atoms with Crippen molar-refractivity contribution in [3.8, 4) is 0 Å². The number of ether oxygens (including phenoxy) is 1. The van der Waals surface area contributed by atoms with Gasteiger partial charge in [-0.25, -0.2) is 8.42 Å². The molecule has 0 bridgehead atoms. The Morgan fingerprint density at radius 3 is 2.62 bits per heavy atom. The fourth-order valence-electron chi connectivity index (χ4n) is 3.16. The van der Waals surface area contributed by atoms with Gasteiger partial charge in [-0.1, -0.05) is 0 Å². The number of hydrogen-bond acceptors (Lipinski definition) is 5. The fourth-order valence-corrected chi connectivity index (χ4v) is 4.95. The number of hydrogen-bond donors (Lipinski definition) is 2. The van der Waals surface area contributed by atoms with Crippen LogP contribution in [0.25, 0.3) is 0 Å². The van der Waals surface area contributed by atoms with E-state index in [1.807, 2.05) is 13.8 Å². The Bertz CT molecular complexity index is 432. The van der Waals surface area contributed by atoms with Gasteiger partial charge in [0.25, 0.3) is 0 Å². The Hall–Kier alpha value is -0.210. The molecule has 2 fully saturated rings. The van der Waals surface area contributed by atoms with Gasteiger partial charge in [-0.15, -0.1) is 0 Å². The van der Waals surface area contributed by atoms with Gasteiger partial charge in [-0.2, -0.15) is 4.31 Å². The first-order valence-corrected chi connectivity index (χ1v) is 9.40. The molecule has 0 aromatic heterocycles. The zero-order chi connectivity index (χ0) is 15.5. The number of nitrogens with one attached hydrogen (secondary N) is 1. The van der Waals surface area contributed by atoms with Crippen LogP contribution in [0.15, 0.2) is 0 Å². The molecule has 0 aliphatic carbocycles. The first kappa shape index (κ1) is 17.1.